The molecule has 3 rings (SSSR count). The molecule has 178 valence electrons. The van der Waals surface area contributed by atoms with Crippen LogP contribution in [-0.2, 0) is 20.8 Å². The standard InChI is InChI=1S/C21H15BrF3N3O5S/c1-34(32,33)16-7-11(10-26)5-6-14(16)18-17(19(29)30)15(9-22)28(20(31)27-18)13-4-2-3-12(8-13)21(23,24)25/h2-8,18H,9H2,1H3,(H,27,31)(H,29,30)/p-1. The number of nitriles is 1. The van der Waals surface area contributed by atoms with Gasteiger partial charge in [-0.1, -0.05) is 28.1 Å². The number of hydrogen-bond donors (Lipinski definition) is 1. The normalized spacial score (nSPS) is 16.8. The number of hydrogen-bond acceptors (Lipinski definition) is 6. The summed E-state index contributed by atoms with van der Waals surface area (Å²) in [5.41, 5.74) is -2.30. The number of nitrogens with one attached hydrogen (secondary N) is 1. The van der Waals surface area contributed by atoms with Crippen LogP contribution in [0.2, 0.25) is 0 Å². The van der Waals surface area contributed by atoms with Crippen molar-refractivity contribution in [2.75, 3.05) is 16.5 Å². The van der Waals surface area contributed by atoms with Crippen LogP contribution in [0.5, 0.6) is 0 Å². The van der Waals surface area contributed by atoms with Crippen molar-refractivity contribution >= 4 is 43.5 Å². The van der Waals surface area contributed by atoms with E-state index in [9.17, 15) is 36.3 Å². The summed E-state index contributed by atoms with van der Waals surface area (Å²) in [7, 11) is -3.98. The molecule has 34 heavy (non-hydrogen) atoms. The number of anilines is 1. The molecule has 0 aliphatic carbocycles. The minimum Gasteiger partial charge on any atom is -0.545 e. The van der Waals surface area contributed by atoms with Gasteiger partial charge in [0.25, 0.3) is 0 Å². The van der Waals surface area contributed by atoms with E-state index in [4.69, 9.17) is 5.26 Å². The Kier molecular flexibility index (Phi) is 6.77. The van der Waals surface area contributed by atoms with Crippen LogP contribution in [0, 0.1) is 11.3 Å². The molecule has 1 unspecified atom stereocenters. The van der Waals surface area contributed by atoms with Gasteiger partial charge in [-0.25, -0.2) is 13.2 Å². The molecule has 1 atom stereocenters. The molecule has 0 bridgehead atoms. The van der Waals surface area contributed by atoms with E-state index < -0.39 is 50.1 Å². The first-order chi connectivity index (χ1) is 15.8. The van der Waals surface area contributed by atoms with Gasteiger partial charge in [-0.15, -0.1) is 0 Å². The Morgan fingerprint density at radius 3 is 2.47 bits per heavy atom. The smallest absolute Gasteiger partial charge is 0.416 e. The third-order valence-electron chi connectivity index (χ3n) is 4.97. The fraction of sp³-hybridized carbons (Fsp3) is 0.190. The number of allylic oxidation sites excluding steroid dienone is 1. The lowest BCUT2D eigenvalue weighted by molar-refractivity contribution is -0.299. The van der Waals surface area contributed by atoms with E-state index in [-0.39, 0.29) is 27.8 Å². The van der Waals surface area contributed by atoms with Gasteiger partial charge < -0.3 is 15.2 Å². The summed E-state index contributed by atoms with van der Waals surface area (Å²) >= 11 is 3.07. The topological polar surface area (TPSA) is 130 Å². The second-order valence-corrected chi connectivity index (χ2v) is 9.73. The number of sulfone groups is 1. The third kappa shape index (κ3) is 4.78. The van der Waals surface area contributed by atoms with Crippen LogP contribution < -0.4 is 15.3 Å². The number of urea groups is 1. The van der Waals surface area contributed by atoms with Gasteiger partial charge in [0.2, 0.25) is 0 Å². The van der Waals surface area contributed by atoms with Gasteiger partial charge >= 0.3 is 12.2 Å². The quantitative estimate of drug-likeness (QED) is 0.563. The molecule has 1 aliphatic rings. The van der Waals surface area contributed by atoms with E-state index in [1.54, 1.807) is 6.07 Å². The summed E-state index contributed by atoms with van der Waals surface area (Å²) in [6.07, 6.45) is -3.87. The molecule has 1 heterocycles. The highest BCUT2D eigenvalue weighted by Crippen LogP contribution is 2.38. The van der Waals surface area contributed by atoms with E-state index in [2.05, 4.69) is 21.2 Å². The predicted octanol–water partition coefficient (Wildman–Crippen LogP) is 2.65. The molecule has 0 aromatic heterocycles. The zero-order valence-corrected chi connectivity index (χ0v) is 19.6. The largest absolute Gasteiger partial charge is 0.545 e. The molecule has 2 amide bonds. The molecule has 0 saturated carbocycles. The second kappa shape index (κ2) is 9.11. The highest BCUT2D eigenvalue weighted by molar-refractivity contribution is 9.09. The molecule has 2 aromatic carbocycles. The van der Waals surface area contributed by atoms with Gasteiger partial charge in [0.05, 0.1) is 39.8 Å². The van der Waals surface area contributed by atoms with Crippen LogP contribution in [0.25, 0.3) is 0 Å². The lowest BCUT2D eigenvalue weighted by atomic mass is 9.94. The van der Waals surface area contributed by atoms with Crippen molar-refractivity contribution in [2.24, 2.45) is 0 Å². The molecule has 0 saturated heterocycles. The monoisotopic (exact) mass is 556 g/mol. The average Bonchev–Trinajstić information content (AvgIpc) is 2.76. The molecule has 1 N–H and O–H groups in total. The van der Waals surface area contributed by atoms with Crippen molar-refractivity contribution < 1.29 is 36.3 Å². The number of carbonyl (C=O) groups excluding carboxylic acids is 2. The van der Waals surface area contributed by atoms with Crippen molar-refractivity contribution in [3.63, 3.8) is 0 Å². The molecule has 0 fully saturated rings. The number of amides is 2. The third-order valence-corrected chi connectivity index (χ3v) is 6.66. The van der Waals surface area contributed by atoms with Crippen molar-refractivity contribution in [1.29, 1.82) is 5.26 Å². The Balaban J connectivity index is 2.28. The van der Waals surface area contributed by atoms with E-state index >= 15 is 0 Å². The number of carbonyl (C=O) groups is 2. The number of benzene rings is 2. The fourth-order valence-corrected chi connectivity index (χ4v) is 5.04. The van der Waals surface area contributed by atoms with Gasteiger partial charge in [-0.2, -0.15) is 18.4 Å². The van der Waals surface area contributed by atoms with Crippen LogP contribution in [0.4, 0.5) is 23.7 Å². The van der Waals surface area contributed by atoms with Crippen LogP contribution in [0.3, 0.4) is 0 Å². The first kappa shape index (κ1) is 25.3. The zero-order chi connectivity index (χ0) is 25.4. The molecule has 1 aliphatic heterocycles. The maximum Gasteiger partial charge on any atom is 0.416 e. The fourth-order valence-electron chi connectivity index (χ4n) is 3.53. The summed E-state index contributed by atoms with van der Waals surface area (Å²) < 4.78 is 64.3. The molecule has 8 nitrogen and oxygen atoms in total. The molecular weight excluding hydrogens is 543 g/mol. The van der Waals surface area contributed by atoms with Crippen LogP contribution in [0.1, 0.15) is 22.7 Å². The van der Waals surface area contributed by atoms with Gasteiger partial charge in [0.1, 0.15) is 0 Å². The lowest BCUT2D eigenvalue weighted by Gasteiger charge is -2.38. The zero-order valence-electron chi connectivity index (χ0n) is 17.2. The highest BCUT2D eigenvalue weighted by Gasteiger charge is 2.38. The van der Waals surface area contributed by atoms with Crippen LogP contribution >= 0.6 is 15.9 Å². The number of carboxylic acid groups (broad SMARTS) is 1. The van der Waals surface area contributed by atoms with Gasteiger partial charge in [-0.3, -0.25) is 4.90 Å². The first-order valence-electron chi connectivity index (χ1n) is 9.32. The van der Waals surface area contributed by atoms with Crippen molar-refractivity contribution in [3.05, 3.63) is 70.4 Å². The van der Waals surface area contributed by atoms with Gasteiger partial charge in [0, 0.05) is 22.9 Å². The van der Waals surface area contributed by atoms with E-state index in [1.807, 2.05) is 0 Å². The van der Waals surface area contributed by atoms with Gasteiger partial charge in [0.15, 0.2) is 9.84 Å². The molecule has 13 heteroatoms. The number of rotatable bonds is 5. The summed E-state index contributed by atoms with van der Waals surface area (Å²) in [6.45, 7) is 0. The second-order valence-electron chi connectivity index (χ2n) is 7.18. The molecule has 0 spiro atoms. The minimum atomic E-state index is -4.72. The summed E-state index contributed by atoms with van der Waals surface area (Å²) in [5, 5.41) is 23.3. The summed E-state index contributed by atoms with van der Waals surface area (Å²) in [6, 6.07) is 6.46. The summed E-state index contributed by atoms with van der Waals surface area (Å²) in [5.74, 6) is -1.78. The molecular formula is C21H14BrF3N3O5S-. The molecule has 0 radical (unpaired) electrons. The Bertz CT molecular complexity index is 1370. The number of carboxylic acids is 1. The van der Waals surface area contributed by atoms with Crippen molar-refractivity contribution in [2.45, 2.75) is 17.1 Å². The van der Waals surface area contributed by atoms with Crippen LogP contribution in [0.15, 0.2) is 58.6 Å². The molecule has 2 aromatic rings. The Labute approximate surface area is 200 Å². The first-order valence-corrected chi connectivity index (χ1v) is 12.3. The minimum absolute atomic E-state index is 0.0170. The SMILES string of the molecule is CS(=O)(=O)c1cc(C#N)ccc1C1NC(=O)N(c2cccc(C(F)(F)F)c2)C(CBr)=C1C(=O)[O-]. The Hall–Kier alpha value is -3.37. The van der Waals surface area contributed by atoms with Crippen LogP contribution in [-0.4, -0.2) is 32.0 Å². The maximum absolute atomic E-state index is 13.2. The lowest BCUT2D eigenvalue weighted by Crippen LogP contribution is -2.51. The van der Waals surface area contributed by atoms with E-state index in [0.29, 0.717) is 6.07 Å². The predicted molar refractivity (Wildman–Crippen MR) is 115 cm³/mol. The maximum atomic E-state index is 13.2. The highest BCUT2D eigenvalue weighted by atomic mass is 79.9. The Morgan fingerprint density at radius 1 is 1.26 bits per heavy atom. The van der Waals surface area contributed by atoms with E-state index in [0.717, 1.165) is 29.4 Å². The average molecular weight is 557 g/mol. The van der Waals surface area contributed by atoms with Crippen molar-refractivity contribution in [3.8, 4) is 6.07 Å². The number of halogens is 4. The van der Waals surface area contributed by atoms with E-state index in [1.165, 1.54) is 18.2 Å². The van der Waals surface area contributed by atoms with Crippen molar-refractivity contribution in [1.82, 2.24) is 5.32 Å². The number of aliphatic carboxylic acids is 1. The Morgan fingerprint density at radius 2 is 1.94 bits per heavy atom. The number of nitrogens with zero attached hydrogens (tertiary/aromatic N) is 2. The number of alkyl halides is 4. The summed E-state index contributed by atoms with van der Waals surface area (Å²) in [4.78, 5) is 25.5. The van der Waals surface area contributed by atoms with Gasteiger partial charge in [-0.05, 0) is 35.9 Å².